The molecule has 1 fully saturated rings. The molecule has 0 saturated heterocycles. The Kier molecular flexibility index (Phi) is 5.09. The third-order valence-corrected chi connectivity index (χ3v) is 6.89. The average molecular weight is 465 g/mol. The number of aromatic nitrogens is 5. The molecule has 2 aliphatic rings. The molecule has 1 saturated carbocycles. The molecular weight excluding hydrogens is 440 g/mol. The standard InChI is InChI=1S/C27H24N6O2/c1-16(11-24(34)23-12-19(29-15-30-23)17-5-9-28-10-6-17)25-14-22(33-35-25)21-13-20-18(31-21)3-4-26(32-20)27(2)7-8-27/h3-6,9-10,12,14-16H,7-8,11,13H2,1-2H3/t16-/m0/s1. The Hall–Kier alpha value is -4.07. The highest BCUT2D eigenvalue weighted by Crippen LogP contribution is 2.47. The molecule has 4 aromatic heterocycles. The van der Waals surface area contributed by atoms with Crippen LogP contribution in [-0.4, -0.2) is 36.6 Å². The second-order valence-corrected chi connectivity index (χ2v) is 9.63. The van der Waals surface area contributed by atoms with E-state index in [-0.39, 0.29) is 23.5 Å². The highest BCUT2D eigenvalue weighted by atomic mass is 16.5. The fourth-order valence-corrected chi connectivity index (χ4v) is 4.33. The molecule has 6 rings (SSSR count). The van der Waals surface area contributed by atoms with Gasteiger partial charge in [-0.3, -0.25) is 14.8 Å². The van der Waals surface area contributed by atoms with E-state index in [0.29, 0.717) is 29.3 Å². The molecule has 0 bridgehead atoms. The molecule has 8 heteroatoms. The number of aliphatic imine (C=N–C) groups is 1. The lowest BCUT2D eigenvalue weighted by atomic mass is 9.99. The summed E-state index contributed by atoms with van der Waals surface area (Å²) in [6.45, 7) is 4.20. The molecule has 4 aromatic rings. The molecule has 0 N–H and O–H groups in total. The first kappa shape index (κ1) is 21.5. The molecule has 174 valence electrons. The van der Waals surface area contributed by atoms with Gasteiger partial charge in [-0.05, 0) is 43.2 Å². The van der Waals surface area contributed by atoms with Crippen molar-refractivity contribution in [3.8, 4) is 11.3 Å². The van der Waals surface area contributed by atoms with Gasteiger partial charge < -0.3 is 4.52 Å². The summed E-state index contributed by atoms with van der Waals surface area (Å²) in [5.74, 6) is 0.408. The quantitative estimate of drug-likeness (QED) is 0.353. The predicted octanol–water partition coefficient (Wildman–Crippen LogP) is 5.03. The van der Waals surface area contributed by atoms with E-state index >= 15 is 0 Å². The van der Waals surface area contributed by atoms with Crippen LogP contribution in [0.4, 0.5) is 5.69 Å². The van der Waals surface area contributed by atoms with E-state index in [1.165, 1.54) is 19.2 Å². The van der Waals surface area contributed by atoms with Gasteiger partial charge in [0.25, 0.3) is 0 Å². The molecule has 0 radical (unpaired) electrons. The first-order chi connectivity index (χ1) is 17.0. The third kappa shape index (κ3) is 4.16. The van der Waals surface area contributed by atoms with Crippen LogP contribution < -0.4 is 0 Å². The van der Waals surface area contributed by atoms with Crippen LogP contribution in [0, 0.1) is 0 Å². The zero-order valence-electron chi connectivity index (χ0n) is 19.6. The van der Waals surface area contributed by atoms with Crippen LogP contribution >= 0.6 is 0 Å². The fraction of sp³-hybridized carbons (Fsp3) is 0.296. The summed E-state index contributed by atoms with van der Waals surface area (Å²) in [6, 6.07) is 11.4. The molecule has 5 heterocycles. The Morgan fingerprint density at radius 3 is 2.71 bits per heavy atom. The van der Waals surface area contributed by atoms with Gasteiger partial charge in [0.1, 0.15) is 23.5 Å². The topological polar surface area (TPSA) is 107 Å². The van der Waals surface area contributed by atoms with Crippen molar-refractivity contribution in [2.24, 2.45) is 4.99 Å². The highest BCUT2D eigenvalue weighted by molar-refractivity contribution is 6.04. The van der Waals surface area contributed by atoms with Crippen molar-refractivity contribution in [3.63, 3.8) is 0 Å². The van der Waals surface area contributed by atoms with Crippen LogP contribution in [0.1, 0.15) is 72.4 Å². The summed E-state index contributed by atoms with van der Waals surface area (Å²) in [7, 11) is 0. The van der Waals surface area contributed by atoms with Crippen LogP contribution in [0.3, 0.4) is 0 Å². The number of Topliss-reactive ketones (excluding diaryl/α,β-unsaturated/α-hetero) is 1. The number of hydrogen-bond donors (Lipinski definition) is 0. The number of rotatable bonds is 7. The Bertz CT molecular complexity index is 1460. The number of fused-ring (bicyclic) bond motifs is 1. The van der Waals surface area contributed by atoms with Gasteiger partial charge in [0.15, 0.2) is 5.78 Å². The van der Waals surface area contributed by atoms with E-state index in [4.69, 9.17) is 14.5 Å². The van der Waals surface area contributed by atoms with Crippen LogP contribution in [0.15, 0.2) is 64.6 Å². The van der Waals surface area contributed by atoms with Gasteiger partial charge in [-0.25, -0.2) is 15.0 Å². The first-order valence-electron chi connectivity index (χ1n) is 11.8. The van der Waals surface area contributed by atoms with Crippen molar-refractivity contribution < 1.29 is 9.32 Å². The molecule has 1 aliphatic heterocycles. The molecule has 35 heavy (non-hydrogen) atoms. The molecule has 0 spiro atoms. The molecule has 0 aromatic carbocycles. The molecule has 0 unspecified atom stereocenters. The zero-order valence-corrected chi connectivity index (χ0v) is 19.6. The fourth-order valence-electron chi connectivity index (χ4n) is 4.33. The van der Waals surface area contributed by atoms with Crippen LogP contribution in [0.25, 0.3) is 11.3 Å². The minimum absolute atomic E-state index is 0.0796. The van der Waals surface area contributed by atoms with Gasteiger partial charge >= 0.3 is 0 Å². The van der Waals surface area contributed by atoms with Gasteiger partial charge in [0, 0.05) is 53.9 Å². The second-order valence-electron chi connectivity index (χ2n) is 9.63. The van der Waals surface area contributed by atoms with E-state index in [9.17, 15) is 4.79 Å². The molecule has 8 nitrogen and oxygen atoms in total. The van der Waals surface area contributed by atoms with E-state index in [0.717, 1.165) is 28.4 Å². The second kappa shape index (κ2) is 8.30. The van der Waals surface area contributed by atoms with Gasteiger partial charge in [-0.15, -0.1) is 0 Å². The Morgan fingerprint density at radius 1 is 1.09 bits per heavy atom. The van der Waals surface area contributed by atoms with Crippen molar-refractivity contribution >= 4 is 17.2 Å². The summed E-state index contributed by atoms with van der Waals surface area (Å²) in [5, 5.41) is 4.24. The Morgan fingerprint density at radius 2 is 1.91 bits per heavy atom. The number of pyridine rings is 2. The lowest BCUT2D eigenvalue weighted by molar-refractivity contribution is 0.0966. The maximum atomic E-state index is 12.9. The van der Waals surface area contributed by atoms with E-state index < -0.39 is 0 Å². The minimum Gasteiger partial charge on any atom is -0.360 e. The monoisotopic (exact) mass is 464 g/mol. The largest absolute Gasteiger partial charge is 0.360 e. The Balaban J connectivity index is 1.14. The minimum atomic E-state index is -0.160. The van der Waals surface area contributed by atoms with E-state index in [1.54, 1.807) is 18.5 Å². The number of nitrogens with zero attached hydrogens (tertiary/aromatic N) is 6. The molecule has 1 atom stereocenters. The van der Waals surface area contributed by atoms with Crippen LogP contribution in [0.5, 0.6) is 0 Å². The number of hydrogen-bond acceptors (Lipinski definition) is 8. The maximum Gasteiger partial charge on any atom is 0.182 e. The van der Waals surface area contributed by atoms with Gasteiger partial charge in [-0.1, -0.05) is 19.0 Å². The van der Waals surface area contributed by atoms with Crippen molar-refractivity contribution in [1.82, 2.24) is 25.1 Å². The first-order valence-corrected chi connectivity index (χ1v) is 11.8. The lowest BCUT2D eigenvalue weighted by Crippen LogP contribution is -2.08. The normalized spacial score (nSPS) is 16.5. The van der Waals surface area contributed by atoms with Gasteiger partial charge in [-0.2, -0.15) is 0 Å². The smallest absolute Gasteiger partial charge is 0.182 e. The molecule has 0 amide bonds. The highest BCUT2D eigenvalue weighted by Gasteiger charge is 2.41. The number of carbonyl (C=O) groups excluding carboxylic acids is 1. The lowest BCUT2D eigenvalue weighted by Gasteiger charge is -2.08. The summed E-state index contributed by atoms with van der Waals surface area (Å²) < 4.78 is 5.61. The van der Waals surface area contributed by atoms with Crippen molar-refractivity contribution in [3.05, 3.63) is 83.7 Å². The molecule has 1 aliphatic carbocycles. The predicted molar refractivity (Wildman–Crippen MR) is 130 cm³/mol. The number of carbonyl (C=O) groups is 1. The van der Waals surface area contributed by atoms with Crippen LogP contribution in [-0.2, 0) is 11.8 Å². The Labute approximate surface area is 202 Å². The maximum absolute atomic E-state index is 12.9. The summed E-state index contributed by atoms with van der Waals surface area (Å²) in [6.07, 6.45) is 8.07. The number of ketones is 1. The van der Waals surface area contributed by atoms with E-state index in [1.807, 2.05) is 25.1 Å². The van der Waals surface area contributed by atoms with Crippen molar-refractivity contribution in [2.45, 2.75) is 50.9 Å². The summed E-state index contributed by atoms with van der Waals surface area (Å²) in [4.78, 5) is 35.0. The SMILES string of the molecule is C[C@@H](CC(=O)c1cc(-c2ccncc2)ncn1)c1cc(C2=Nc3ccc(C4(C)CC4)nc3C2)no1. The van der Waals surface area contributed by atoms with Gasteiger partial charge in [0.2, 0.25) is 0 Å². The zero-order chi connectivity index (χ0) is 24.0. The third-order valence-electron chi connectivity index (χ3n) is 6.89. The molecular formula is C27H24N6O2. The van der Waals surface area contributed by atoms with Crippen molar-refractivity contribution in [2.75, 3.05) is 0 Å². The van der Waals surface area contributed by atoms with Crippen molar-refractivity contribution in [1.29, 1.82) is 0 Å². The van der Waals surface area contributed by atoms with Gasteiger partial charge in [0.05, 0.1) is 22.8 Å². The average Bonchev–Trinajstić information content (AvgIpc) is 3.28. The summed E-state index contributed by atoms with van der Waals surface area (Å²) >= 11 is 0. The summed E-state index contributed by atoms with van der Waals surface area (Å²) in [5.41, 5.74) is 6.75. The van der Waals surface area contributed by atoms with Crippen LogP contribution in [0.2, 0.25) is 0 Å². The van der Waals surface area contributed by atoms with E-state index in [2.05, 4.69) is 39.2 Å².